The van der Waals surface area contributed by atoms with Crippen molar-refractivity contribution in [2.45, 2.75) is 18.8 Å². The Labute approximate surface area is 201 Å². The van der Waals surface area contributed by atoms with Crippen LogP contribution in [0.15, 0.2) is 65.8 Å². The van der Waals surface area contributed by atoms with Crippen molar-refractivity contribution in [3.05, 3.63) is 77.6 Å². The van der Waals surface area contributed by atoms with E-state index in [4.69, 9.17) is 4.74 Å². The highest BCUT2D eigenvalue weighted by molar-refractivity contribution is 14.0. The summed E-state index contributed by atoms with van der Waals surface area (Å²) in [5, 5.41) is 5.51. The van der Waals surface area contributed by atoms with E-state index >= 15 is 0 Å². The summed E-state index contributed by atoms with van der Waals surface area (Å²) in [5.41, 5.74) is 0.739. The molecule has 5 nitrogen and oxygen atoms in total. The lowest BCUT2D eigenvalue weighted by Crippen LogP contribution is -2.48. The topological polar surface area (TPSA) is 49.8 Å². The van der Waals surface area contributed by atoms with Crippen LogP contribution in [0.25, 0.3) is 10.8 Å². The van der Waals surface area contributed by atoms with Gasteiger partial charge < -0.3 is 15.0 Å². The van der Waals surface area contributed by atoms with Crippen LogP contribution in [0.1, 0.15) is 22.9 Å². The average molecular weight is 556 g/mol. The largest absolute Gasteiger partial charge is 0.416 e. The van der Waals surface area contributed by atoms with Crippen molar-refractivity contribution in [3.63, 3.8) is 0 Å². The van der Waals surface area contributed by atoms with E-state index in [1.807, 2.05) is 35.2 Å². The molecular formula is C23H24F3IN4O. The molecule has 0 amide bonds. The highest BCUT2D eigenvalue weighted by Gasteiger charge is 2.32. The second-order valence-electron chi connectivity index (χ2n) is 7.31. The molecule has 1 N–H and O–H groups in total. The third kappa shape index (κ3) is 5.50. The van der Waals surface area contributed by atoms with Crippen LogP contribution >= 0.6 is 24.0 Å². The maximum atomic E-state index is 13.1. The molecule has 1 unspecified atom stereocenters. The lowest BCUT2D eigenvalue weighted by atomic mass is 10.0. The summed E-state index contributed by atoms with van der Waals surface area (Å²) in [7, 11) is 1.69. The van der Waals surface area contributed by atoms with Gasteiger partial charge in [-0.05, 0) is 29.1 Å². The third-order valence-corrected chi connectivity index (χ3v) is 5.33. The lowest BCUT2D eigenvalue weighted by molar-refractivity contribution is -0.137. The third-order valence-electron chi connectivity index (χ3n) is 5.33. The molecule has 1 fully saturated rings. The van der Waals surface area contributed by atoms with E-state index in [-0.39, 0.29) is 24.0 Å². The van der Waals surface area contributed by atoms with Crippen molar-refractivity contribution < 1.29 is 17.9 Å². The minimum atomic E-state index is -4.38. The van der Waals surface area contributed by atoms with Crippen LogP contribution in [-0.4, -0.2) is 42.6 Å². The fourth-order valence-electron chi connectivity index (χ4n) is 3.78. The van der Waals surface area contributed by atoms with E-state index < -0.39 is 17.8 Å². The number of aliphatic imine (C=N–C) groups is 1. The molecule has 2 aromatic carbocycles. The molecule has 1 aliphatic heterocycles. The summed E-state index contributed by atoms with van der Waals surface area (Å²) in [5.74, 6) is 0.662. The Bertz CT molecular complexity index is 1080. The highest BCUT2D eigenvalue weighted by atomic mass is 127. The monoisotopic (exact) mass is 556 g/mol. The zero-order valence-corrected chi connectivity index (χ0v) is 19.8. The molecular weight excluding hydrogens is 532 g/mol. The molecule has 1 saturated heterocycles. The van der Waals surface area contributed by atoms with Crippen LogP contribution in [-0.2, 0) is 17.5 Å². The number of rotatable bonds is 3. The minimum absolute atomic E-state index is 0. The zero-order valence-electron chi connectivity index (χ0n) is 17.5. The zero-order chi connectivity index (χ0) is 21.8. The van der Waals surface area contributed by atoms with Gasteiger partial charge in [-0.25, -0.2) is 0 Å². The van der Waals surface area contributed by atoms with Gasteiger partial charge >= 0.3 is 6.18 Å². The second-order valence-corrected chi connectivity index (χ2v) is 7.31. The van der Waals surface area contributed by atoms with Crippen molar-refractivity contribution in [1.29, 1.82) is 0 Å². The standard InChI is InChI=1S/C23H23F3N4O.HI/c1-27-22(29-14-20-19-8-3-2-5-16(19)9-10-28-20)30-11-12-31-21(15-30)17-6-4-7-18(13-17)23(24,25)26;/h2-10,13,21H,11-12,14-15H2,1H3,(H,27,29);1H. The van der Waals surface area contributed by atoms with Gasteiger partial charge in [-0.3, -0.25) is 9.98 Å². The maximum absolute atomic E-state index is 13.1. The van der Waals surface area contributed by atoms with Crippen LogP contribution in [0, 0.1) is 0 Å². The molecule has 1 aromatic heterocycles. The molecule has 0 aliphatic carbocycles. The molecule has 170 valence electrons. The molecule has 2 heterocycles. The SMILES string of the molecule is CN=C(NCc1nccc2ccccc12)N1CCOC(c2cccc(C(F)(F)F)c2)C1.I. The van der Waals surface area contributed by atoms with Gasteiger partial charge in [0.15, 0.2) is 5.96 Å². The summed E-state index contributed by atoms with van der Waals surface area (Å²) in [6.07, 6.45) is -3.07. The summed E-state index contributed by atoms with van der Waals surface area (Å²) >= 11 is 0. The van der Waals surface area contributed by atoms with Gasteiger partial charge in [0.2, 0.25) is 0 Å². The normalized spacial score (nSPS) is 17.2. The fourth-order valence-corrected chi connectivity index (χ4v) is 3.78. The number of hydrogen-bond acceptors (Lipinski definition) is 3. The number of hydrogen-bond donors (Lipinski definition) is 1. The number of pyridine rings is 1. The van der Waals surface area contributed by atoms with Crippen molar-refractivity contribution in [2.24, 2.45) is 4.99 Å². The van der Waals surface area contributed by atoms with Gasteiger partial charge in [0.05, 0.1) is 31.0 Å². The Morgan fingerprint density at radius 3 is 2.78 bits per heavy atom. The summed E-state index contributed by atoms with van der Waals surface area (Å²) in [4.78, 5) is 10.8. The van der Waals surface area contributed by atoms with Crippen LogP contribution in [0.3, 0.4) is 0 Å². The number of halogens is 4. The lowest BCUT2D eigenvalue weighted by Gasteiger charge is -2.35. The van der Waals surface area contributed by atoms with E-state index in [1.165, 1.54) is 6.07 Å². The molecule has 1 atom stereocenters. The number of benzene rings is 2. The number of ether oxygens (including phenoxy) is 1. The van der Waals surface area contributed by atoms with Gasteiger partial charge in [-0.1, -0.05) is 36.4 Å². The van der Waals surface area contributed by atoms with E-state index in [2.05, 4.69) is 15.3 Å². The van der Waals surface area contributed by atoms with Crippen LogP contribution in [0.5, 0.6) is 0 Å². The van der Waals surface area contributed by atoms with Gasteiger partial charge in [-0.2, -0.15) is 13.2 Å². The molecule has 9 heteroatoms. The first-order valence-electron chi connectivity index (χ1n) is 10.0. The van der Waals surface area contributed by atoms with Crippen molar-refractivity contribution in [2.75, 3.05) is 26.7 Å². The van der Waals surface area contributed by atoms with E-state index in [1.54, 1.807) is 19.3 Å². The van der Waals surface area contributed by atoms with Crippen LogP contribution < -0.4 is 5.32 Å². The molecule has 4 rings (SSSR count). The van der Waals surface area contributed by atoms with Gasteiger partial charge in [0, 0.05) is 25.2 Å². The minimum Gasteiger partial charge on any atom is -0.370 e. The Kier molecular flexibility index (Phi) is 7.94. The molecule has 0 saturated carbocycles. The Morgan fingerprint density at radius 1 is 1.19 bits per heavy atom. The van der Waals surface area contributed by atoms with Crippen LogP contribution in [0.4, 0.5) is 13.2 Å². The number of aromatic nitrogens is 1. The van der Waals surface area contributed by atoms with Gasteiger partial charge in [0.1, 0.15) is 6.10 Å². The molecule has 3 aromatic rings. The number of guanidine groups is 1. The van der Waals surface area contributed by atoms with Crippen molar-refractivity contribution in [3.8, 4) is 0 Å². The summed E-state index contributed by atoms with van der Waals surface area (Å²) in [6, 6.07) is 15.3. The molecule has 1 aliphatic rings. The van der Waals surface area contributed by atoms with E-state index in [9.17, 15) is 13.2 Å². The fraction of sp³-hybridized carbons (Fsp3) is 0.304. The predicted molar refractivity (Wildman–Crippen MR) is 129 cm³/mol. The smallest absolute Gasteiger partial charge is 0.370 e. The molecule has 32 heavy (non-hydrogen) atoms. The summed E-state index contributed by atoms with van der Waals surface area (Å²) < 4.78 is 45.0. The predicted octanol–water partition coefficient (Wildman–Crippen LogP) is 5.02. The second kappa shape index (κ2) is 10.5. The Hall–Kier alpha value is -2.40. The van der Waals surface area contributed by atoms with Gasteiger partial charge in [0.25, 0.3) is 0 Å². The van der Waals surface area contributed by atoms with E-state index in [0.29, 0.717) is 37.8 Å². The molecule has 0 spiro atoms. The Morgan fingerprint density at radius 2 is 2.00 bits per heavy atom. The van der Waals surface area contributed by atoms with Crippen molar-refractivity contribution >= 4 is 40.7 Å². The highest BCUT2D eigenvalue weighted by Crippen LogP contribution is 2.32. The van der Waals surface area contributed by atoms with E-state index in [0.717, 1.165) is 28.6 Å². The number of fused-ring (bicyclic) bond motifs is 1. The first-order valence-corrected chi connectivity index (χ1v) is 10.0. The van der Waals surface area contributed by atoms with Gasteiger partial charge in [-0.15, -0.1) is 24.0 Å². The van der Waals surface area contributed by atoms with Crippen LogP contribution in [0.2, 0.25) is 0 Å². The molecule has 0 bridgehead atoms. The Balaban J connectivity index is 0.00000289. The first-order chi connectivity index (χ1) is 15.0. The number of nitrogens with zero attached hydrogens (tertiary/aromatic N) is 3. The van der Waals surface area contributed by atoms with Crippen molar-refractivity contribution in [1.82, 2.24) is 15.2 Å². The number of nitrogens with one attached hydrogen (secondary N) is 1. The summed E-state index contributed by atoms with van der Waals surface area (Å²) in [6.45, 7) is 1.88. The maximum Gasteiger partial charge on any atom is 0.416 e. The number of alkyl halides is 3. The quantitative estimate of drug-likeness (QED) is 0.280. The average Bonchev–Trinajstić information content (AvgIpc) is 2.79. The first kappa shape index (κ1) is 24.2. The number of morpholine rings is 1. The molecule has 0 radical (unpaired) electrons.